The van der Waals surface area contributed by atoms with E-state index < -0.39 is 0 Å². The number of ketones is 1. The summed E-state index contributed by atoms with van der Waals surface area (Å²) in [6.45, 7) is 2.10. The number of H-pyrrole nitrogens is 1. The lowest BCUT2D eigenvalue weighted by Crippen LogP contribution is -2.29. The van der Waals surface area contributed by atoms with Crippen LogP contribution in [0.4, 0.5) is 4.39 Å². The molecule has 4 rings (SSSR count). The molecule has 0 radical (unpaired) electrons. The fraction of sp³-hybridized carbons (Fsp3) is 0.182. The second-order valence-electron chi connectivity index (χ2n) is 6.85. The van der Waals surface area contributed by atoms with E-state index in [1.807, 2.05) is 30.5 Å². The number of nitrogens with one attached hydrogen (secondary N) is 2. The van der Waals surface area contributed by atoms with E-state index in [9.17, 15) is 14.0 Å². The van der Waals surface area contributed by atoms with E-state index >= 15 is 0 Å². The first-order chi connectivity index (χ1) is 13.5. The highest BCUT2D eigenvalue weighted by atomic mass is 19.1. The number of amides is 1. The van der Waals surface area contributed by atoms with Crippen molar-refractivity contribution in [2.75, 3.05) is 6.54 Å². The lowest BCUT2D eigenvalue weighted by Gasteiger charge is -2.07. The summed E-state index contributed by atoms with van der Waals surface area (Å²) >= 11 is 0. The Balaban J connectivity index is 1.43. The molecule has 2 heterocycles. The van der Waals surface area contributed by atoms with E-state index in [4.69, 9.17) is 0 Å². The van der Waals surface area contributed by atoms with Crippen LogP contribution in [-0.4, -0.2) is 27.8 Å². The van der Waals surface area contributed by atoms with Crippen molar-refractivity contribution in [3.63, 3.8) is 0 Å². The van der Waals surface area contributed by atoms with Gasteiger partial charge in [-0.2, -0.15) is 0 Å². The van der Waals surface area contributed by atoms with Gasteiger partial charge < -0.3 is 14.9 Å². The number of para-hydroxylation sites is 1. The fourth-order valence-corrected chi connectivity index (χ4v) is 3.56. The second kappa shape index (κ2) is 7.31. The number of fused-ring (bicyclic) bond motifs is 2. The van der Waals surface area contributed by atoms with Gasteiger partial charge in [-0.3, -0.25) is 9.59 Å². The fourth-order valence-electron chi connectivity index (χ4n) is 3.56. The van der Waals surface area contributed by atoms with Crippen LogP contribution in [0.15, 0.2) is 54.9 Å². The molecular weight excluding hydrogens is 357 g/mol. The minimum atomic E-state index is -0.279. The minimum absolute atomic E-state index is 0.0260. The van der Waals surface area contributed by atoms with Gasteiger partial charge in [-0.05, 0) is 43.2 Å². The predicted molar refractivity (Wildman–Crippen MR) is 107 cm³/mol. The van der Waals surface area contributed by atoms with Crippen molar-refractivity contribution in [3.05, 3.63) is 71.8 Å². The molecule has 2 aromatic carbocycles. The lowest BCUT2D eigenvalue weighted by atomic mass is 10.1. The van der Waals surface area contributed by atoms with Crippen LogP contribution >= 0.6 is 0 Å². The van der Waals surface area contributed by atoms with E-state index in [0.717, 1.165) is 27.4 Å². The zero-order valence-electron chi connectivity index (χ0n) is 15.5. The van der Waals surface area contributed by atoms with E-state index in [0.29, 0.717) is 18.5 Å². The summed E-state index contributed by atoms with van der Waals surface area (Å²) in [5.74, 6) is -0.443. The number of carbonyl (C=O) groups is 2. The molecule has 2 aromatic heterocycles. The summed E-state index contributed by atoms with van der Waals surface area (Å²) in [6.07, 6.45) is 4.17. The van der Waals surface area contributed by atoms with Gasteiger partial charge in [0, 0.05) is 46.3 Å². The highest BCUT2D eigenvalue weighted by Gasteiger charge is 2.13. The quantitative estimate of drug-likeness (QED) is 0.502. The van der Waals surface area contributed by atoms with Crippen LogP contribution in [0.25, 0.3) is 21.8 Å². The van der Waals surface area contributed by atoms with Crippen LogP contribution in [0.2, 0.25) is 0 Å². The van der Waals surface area contributed by atoms with Gasteiger partial charge in [-0.15, -0.1) is 0 Å². The number of Topliss-reactive ketones (excluding diaryl/α,β-unsaturated/α-hetero) is 1. The molecule has 0 aliphatic carbocycles. The van der Waals surface area contributed by atoms with Gasteiger partial charge in [-0.25, -0.2) is 4.39 Å². The highest BCUT2D eigenvalue weighted by molar-refractivity contribution is 6.07. The average molecular weight is 377 g/mol. The van der Waals surface area contributed by atoms with Crippen LogP contribution in [-0.2, 0) is 17.8 Å². The zero-order chi connectivity index (χ0) is 19.7. The molecule has 1 amide bonds. The number of carbonyl (C=O) groups excluding carboxylic acids is 2. The maximum Gasteiger partial charge on any atom is 0.239 e. The summed E-state index contributed by atoms with van der Waals surface area (Å²) in [6, 6.07) is 12.2. The maximum atomic E-state index is 13.5. The molecule has 0 atom stereocenters. The van der Waals surface area contributed by atoms with Crippen molar-refractivity contribution < 1.29 is 14.0 Å². The van der Waals surface area contributed by atoms with Gasteiger partial charge in [-0.1, -0.05) is 18.2 Å². The van der Waals surface area contributed by atoms with Crippen molar-refractivity contribution in [3.8, 4) is 0 Å². The molecule has 2 N–H and O–H groups in total. The largest absolute Gasteiger partial charge is 0.361 e. The van der Waals surface area contributed by atoms with E-state index in [1.54, 1.807) is 16.8 Å². The van der Waals surface area contributed by atoms with E-state index in [2.05, 4.69) is 10.3 Å². The van der Waals surface area contributed by atoms with Crippen LogP contribution < -0.4 is 5.32 Å². The third-order valence-electron chi connectivity index (χ3n) is 4.93. The first-order valence-corrected chi connectivity index (χ1v) is 9.14. The number of nitrogens with zero attached hydrogens (tertiary/aromatic N) is 1. The standard InChI is InChI=1S/C22H20FN3O2/c1-14(27)19-12-26(21-5-3-2-4-17(19)21)13-22(28)24-9-8-15-11-25-20-7-6-16(23)10-18(15)20/h2-7,10-12,25H,8-9,13H2,1H3,(H,24,28). The van der Waals surface area contributed by atoms with Gasteiger partial charge in [0.05, 0.1) is 0 Å². The summed E-state index contributed by atoms with van der Waals surface area (Å²) in [4.78, 5) is 27.4. The molecule has 0 saturated carbocycles. The molecule has 0 bridgehead atoms. The monoisotopic (exact) mass is 377 g/mol. The van der Waals surface area contributed by atoms with E-state index in [-0.39, 0.29) is 24.1 Å². The second-order valence-corrected chi connectivity index (χ2v) is 6.85. The number of rotatable bonds is 6. The summed E-state index contributed by atoms with van der Waals surface area (Å²) in [5.41, 5.74) is 3.30. The number of aromatic amines is 1. The Kier molecular flexibility index (Phi) is 4.69. The summed E-state index contributed by atoms with van der Waals surface area (Å²) in [5, 5.41) is 4.58. The molecule has 0 spiro atoms. The molecule has 0 saturated heterocycles. The Bertz CT molecular complexity index is 1190. The molecule has 4 aromatic rings. The Morgan fingerprint density at radius 2 is 1.96 bits per heavy atom. The molecule has 28 heavy (non-hydrogen) atoms. The van der Waals surface area contributed by atoms with Crippen LogP contribution in [0, 0.1) is 5.82 Å². The Hall–Kier alpha value is -3.41. The number of hydrogen-bond acceptors (Lipinski definition) is 2. The molecule has 142 valence electrons. The van der Waals surface area contributed by atoms with Crippen LogP contribution in [0.3, 0.4) is 0 Å². The van der Waals surface area contributed by atoms with E-state index in [1.165, 1.54) is 19.1 Å². The first kappa shape index (κ1) is 18.0. The maximum absolute atomic E-state index is 13.5. The number of aromatic nitrogens is 2. The third-order valence-corrected chi connectivity index (χ3v) is 4.93. The first-order valence-electron chi connectivity index (χ1n) is 9.14. The van der Waals surface area contributed by atoms with Crippen molar-refractivity contribution in [1.29, 1.82) is 0 Å². The van der Waals surface area contributed by atoms with Gasteiger partial charge in [0.25, 0.3) is 0 Å². The lowest BCUT2D eigenvalue weighted by molar-refractivity contribution is -0.121. The molecule has 0 fully saturated rings. The molecule has 0 unspecified atom stereocenters. The molecule has 0 aliphatic heterocycles. The summed E-state index contributed by atoms with van der Waals surface area (Å²) < 4.78 is 15.3. The Morgan fingerprint density at radius 1 is 1.14 bits per heavy atom. The van der Waals surface area contributed by atoms with Crippen molar-refractivity contribution >= 4 is 33.5 Å². The summed E-state index contributed by atoms with van der Waals surface area (Å²) in [7, 11) is 0. The van der Waals surface area contributed by atoms with Gasteiger partial charge in [0.15, 0.2) is 5.78 Å². The topological polar surface area (TPSA) is 66.9 Å². The molecule has 5 nitrogen and oxygen atoms in total. The smallest absolute Gasteiger partial charge is 0.239 e. The normalized spacial score (nSPS) is 11.2. The molecule has 0 aliphatic rings. The predicted octanol–water partition coefficient (Wildman–Crippen LogP) is 3.82. The average Bonchev–Trinajstić information content (AvgIpc) is 3.24. The van der Waals surface area contributed by atoms with Gasteiger partial charge in [0.1, 0.15) is 12.4 Å². The number of halogens is 1. The molecule has 6 heteroatoms. The van der Waals surface area contributed by atoms with Gasteiger partial charge in [0.2, 0.25) is 5.91 Å². The van der Waals surface area contributed by atoms with Crippen molar-refractivity contribution in [1.82, 2.24) is 14.9 Å². The minimum Gasteiger partial charge on any atom is -0.361 e. The van der Waals surface area contributed by atoms with Gasteiger partial charge >= 0.3 is 0 Å². The Morgan fingerprint density at radius 3 is 2.79 bits per heavy atom. The molecular formula is C22H20FN3O2. The number of benzene rings is 2. The third kappa shape index (κ3) is 3.41. The van der Waals surface area contributed by atoms with Crippen molar-refractivity contribution in [2.24, 2.45) is 0 Å². The van der Waals surface area contributed by atoms with Crippen LogP contribution in [0.5, 0.6) is 0 Å². The van der Waals surface area contributed by atoms with Crippen molar-refractivity contribution in [2.45, 2.75) is 19.9 Å². The SMILES string of the molecule is CC(=O)c1cn(CC(=O)NCCc2c[nH]c3ccc(F)cc23)c2ccccc12. The van der Waals surface area contributed by atoms with Crippen LogP contribution in [0.1, 0.15) is 22.8 Å². The number of hydrogen-bond donors (Lipinski definition) is 2. The zero-order valence-corrected chi connectivity index (χ0v) is 15.5. The Labute approximate surface area is 161 Å². The highest BCUT2D eigenvalue weighted by Crippen LogP contribution is 2.22.